The van der Waals surface area contributed by atoms with Crippen molar-refractivity contribution in [3.63, 3.8) is 0 Å². The summed E-state index contributed by atoms with van der Waals surface area (Å²) < 4.78 is 47.0. The Morgan fingerprint density at radius 1 is 1.54 bits per heavy atom. The van der Waals surface area contributed by atoms with Crippen molar-refractivity contribution in [2.45, 2.75) is 25.5 Å². The summed E-state index contributed by atoms with van der Waals surface area (Å²) in [7, 11) is -4.32. The lowest BCUT2D eigenvalue weighted by atomic mass is 10.1. The third-order valence-corrected chi connectivity index (χ3v) is 3.91. The first-order valence-corrected chi connectivity index (χ1v) is 5.76. The van der Waals surface area contributed by atoms with Crippen molar-refractivity contribution >= 4 is 10.0 Å². The summed E-state index contributed by atoms with van der Waals surface area (Å²) in [6.45, 7) is 2.43. The van der Waals surface area contributed by atoms with E-state index in [1.807, 2.05) is 6.92 Å². The van der Waals surface area contributed by atoms with Crippen molar-refractivity contribution in [1.29, 1.82) is 0 Å². The predicted molar refractivity (Wildman–Crippen MR) is 44.9 cm³/mol. The minimum absolute atomic E-state index is 0.241. The second-order valence-electron chi connectivity index (χ2n) is 3.23. The molecular formula is C7H13F2NO2S. The molecule has 1 saturated heterocycles. The van der Waals surface area contributed by atoms with Gasteiger partial charge in [-0.3, -0.25) is 0 Å². The van der Waals surface area contributed by atoms with Crippen LogP contribution in [0.25, 0.3) is 0 Å². The lowest BCUT2D eigenvalue weighted by Crippen LogP contribution is -2.33. The Hall–Kier alpha value is -0.230. The van der Waals surface area contributed by atoms with Gasteiger partial charge in [0.25, 0.3) is 10.0 Å². The van der Waals surface area contributed by atoms with E-state index in [4.69, 9.17) is 0 Å². The first-order chi connectivity index (χ1) is 5.98. The van der Waals surface area contributed by atoms with Crippen molar-refractivity contribution in [2.75, 3.05) is 13.1 Å². The van der Waals surface area contributed by atoms with Gasteiger partial charge in [-0.2, -0.15) is 13.1 Å². The number of alkyl halides is 2. The molecule has 3 nitrogen and oxygen atoms in total. The van der Waals surface area contributed by atoms with E-state index in [1.54, 1.807) is 0 Å². The van der Waals surface area contributed by atoms with E-state index in [0.29, 0.717) is 6.42 Å². The zero-order valence-electron chi connectivity index (χ0n) is 7.41. The van der Waals surface area contributed by atoms with E-state index in [0.717, 1.165) is 10.7 Å². The summed E-state index contributed by atoms with van der Waals surface area (Å²) in [4.78, 5) is 0. The first-order valence-electron chi connectivity index (χ1n) is 4.25. The third kappa shape index (κ3) is 2.17. The molecule has 0 radical (unpaired) electrons. The molecule has 0 aromatic carbocycles. The van der Waals surface area contributed by atoms with Crippen molar-refractivity contribution in [3.8, 4) is 0 Å². The second-order valence-corrected chi connectivity index (χ2v) is 5.13. The Balaban J connectivity index is 2.66. The highest BCUT2D eigenvalue weighted by Crippen LogP contribution is 2.24. The van der Waals surface area contributed by atoms with Crippen LogP contribution in [0.15, 0.2) is 0 Å². The molecule has 0 N–H and O–H groups in total. The average Bonchev–Trinajstić information content (AvgIpc) is 2.51. The Kier molecular flexibility index (Phi) is 3.23. The van der Waals surface area contributed by atoms with Crippen molar-refractivity contribution in [2.24, 2.45) is 5.92 Å². The number of sulfonamides is 1. The lowest BCUT2D eigenvalue weighted by Gasteiger charge is -2.14. The number of hydrogen-bond donors (Lipinski definition) is 0. The van der Waals surface area contributed by atoms with Gasteiger partial charge in [-0.1, -0.05) is 13.3 Å². The molecule has 78 valence electrons. The molecule has 1 fully saturated rings. The molecule has 0 aliphatic carbocycles. The molecule has 0 amide bonds. The average molecular weight is 213 g/mol. The van der Waals surface area contributed by atoms with E-state index in [1.165, 1.54) is 0 Å². The SMILES string of the molecule is CC[C@@H]1CCN(S(=O)(=O)C(F)F)C1. The maximum Gasteiger partial charge on any atom is 0.350 e. The van der Waals surface area contributed by atoms with Crippen LogP contribution in [0, 0.1) is 5.92 Å². The fraction of sp³-hybridized carbons (Fsp3) is 1.00. The molecular weight excluding hydrogens is 200 g/mol. The van der Waals surface area contributed by atoms with E-state index in [9.17, 15) is 17.2 Å². The van der Waals surface area contributed by atoms with E-state index in [-0.39, 0.29) is 19.0 Å². The van der Waals surface area contributed by atoms with E-state index in [2.05, 4.69) is 0 Å². The van der Waals surface area contributed by atoms with Gasteiger partial charge in [-0.15, -0.1) is 0 Å². The molecule has 1 atom stereocenters. The summed E-state index contributed by atoms with van der Waals surface area (Å²) in [5.74, 6) is -3.03. The minimum atomic E-state index is -4.32. The molecule has 1 rings (SSSR count). The van der Waals surface area contributed by atoms with Crippen LogP contribution < -0.4 is 0 Å². The predicted octanol–water partition coefficient (Wildman–Crippen LogP) is 1.27. The molecule has 0 spiro atoms. The van der Waals surface area contributed by atoms with E-state index >= 15 is 0 Å². The molecule has 0 unspecified atom stereocenters. The van der Waals surface area contributed by atoms with Gasteiger partial charge in [0.1, 0.15) is 0 Å². The summed E-state index contributed by atoms with van der Waals surface area (Å²) in [5, 5.41) is 0. The van der Waals surface area contributed by atoms with Crippen LogP contribution in [0.4, 0.5) is 8.78 Å². The van der Waals surface area contributed by atoms with Gasteiger partial charge in [0.15, 0.2) is 0 Å². The minimum Gasteiger partial charge on any atom is -0.206 e. The van der Waals surface area contributed by atoms with Gasteiger partial charge in [0, 0.05) is 13.1 Å². The molecule has 1 aliphatic rings. The van der Waals surface area contributed by atoms with Crippen LogP contribution in [-0.2, 0) is 10.0 Å². The summed E-state index contributed by atoms with van der Waals surface area (Å²) in [6, 6.07) is 0. The fourth-order valence-corrected chi connectivity index (χ4v) is 2.48. The Morgan fingerprint density at radius 3 is 2.54 bits per heavy atom. The molecule has 0 saturated carbocycles. The maximum absolute atomic E-state index is 12.1. The summed E-state index contributed by atoms with van der Waals surface area (Å²) >= 11 is 0. The van der Waals surface area contributed by atoms with Crippen LogP contribution in [0.3, 0.4) is 0 Å². The number of rotatable bonds is 3. The number of hydrogen-bond acceptors (Lipinski definition) is 2. The van der Waals surface area contributed by atoms with Gasteiger partial charge >= 0.3 is 5.76 Å². The van der Waals surface area contributed by atoms with Crippen LogP contribution in [0.1, 0.15) is 19.8 Å². The quantitative estimate of drug-likeness (QED) is 0.708. The first kappa shape index (κ1) is 10.8. The van der Waals surface area contributed by atoms with Gasteiger partial charge < -0.3 is 0 Å². The monoisotopic (exact) mass is 213 g/mol. The molecule has 1 heterocycles. The zero-order chi connectivity index (χ0) is 10.1. The zero-order valence-corrected chi connectivity index (χ0v) is 8.23. The molecule has 0 aromatic rings. The third-order valence-electron chi connectivity index (χ3n) is 2.41. The van der Waals surface area contributed by atoms with Crippen LogP contribution in [0.2, 0.25) is 0 Å². The highest BCUT2D eigenvalue weighted by Gasteiger charge is 2.36. The van der Waals surface area contributed by atoms with Gasteiger partial charge in [0.2, 0.25) is 0 Å². The standard InChI is InChI=1S/C7H13F2NO2S/c1-2-6-3-4-10(5-6)13(11,12)7(8)9/h6-7H,2-5H2,1H3/t6-/m1/s1. The molecule has 0 bridgehead atoms. The Morgan fingerprint density at radius 2 is 2.15 bits per heavy atom. The van der Waals surface area contributed by atoms with E-state index < -0.39 is 15.8 Å². The van der Waals surface area contributed by atoms with Gasteiger partial charge in [0.05, 0.1) is 0 Å². The van der Waals surface area contributed by atoms with Crippen LogP contribution in [-0.4, -0.2) is 31.6 Å². The van der Waals surface area contributed by atoms with Crippen molar-refractivity contribution in [1.82, 2.24) is 4.31 Å². The van der Waals surface area contributed by atoms with Crippen molar-refractivity contribution < 1.29 is 17.2 Å². The Bertz CT molecular complexity index is 266. The smallest absolute Gasteiger partial charge is 0.206 e. The molecule has 6 heteroatoms. The highest BCUT2D eigenvalue weighted by atomic mass is 32.2. The summed E-state index contributed by atoms with van der Waals surface area (Å²) in [5.41, 5.74) is 0. The highest BCUT2D eigenvalue weighted by molar-refractivity contribution is 7.89. The molecule has 0 aromatic heterocycles. The lowest BCUT2D eigenvalue weighted by molar-refractivity contribution is 0.222. The van der Waals surface area contributed by atoms with Gasteiger partial charge in [-0.05, 0) is 12.3 Å². The maximum atomic E-state index is 12.1. The van der Waals surface area contributed by atoms with Crippen LogP contribution >= 0.6 is 0 Å². The second kappa shape index (κ2) is 3.88. The van der Waals surface area contributed by atoms with Crippen molar-refractivity contribution in [3.05, 3.63) is 0 Å². The normalized spacial score (nSPS) is 25.7. The largest absolute Gasteiger partial charge is 0.350 e. The van der Waals surface area contributed by atoms with Gasteiger partial charge in [-0.25, -0.2) is 8.42 Å². The molecule has 13 heavy (non-hydrogen) atoms. The summed E-state index contributed by atoms with van der Waals surface area (Å²) in [6.07, 6.45) is 1.54. The Labute approximate surface area is 76.8 Å². The number of halogens is 2. The topological polar surface area (TPSA) is 37.4 Å². The fourth-order valence-electron chi connectivity index (χ4n) is 1.47. The number of nitrogens with zero attached hydrogens (tertiary/aromatic N) is 1. The molecule has 1 aliphatic heterocycles. The van der Waals surface area contributed by atoms with Crippen LogP contribution in [0.5, 0.6) is 0 Å².